The summed E-state index contributed by atoms with van der Waals surface area (Å²) in [6, 6.07) is 13.4. The summed E-state index contributed by atoms with van der Waals surface area (Å²) >= 11 is 2.66. The van der Waals surface area contributed by atoms with Crippen molar-refractivity contribution in [3.8, 4) is 0 Å². The van der Waals surface area contributed by atoms with Crippen molar-refractivity contribution in [2.45, 2.75) is 11.1 Å². The van der Waals surface area contributed by atoms with Crippen LogP contribution < -0.4 is 10.1 Å². The van der Waals surface area contributed by atoms with Crippen molar-refractivity contribution in [1.82, 2.24) is 5.43 Å². The highest BCUT2D eigenvalue weighted by atomic mass is 32.2. The van der Waals surface area contributed by atoms with Gasteiger partial charge in [-0.05, 0) is 42.6 Å². The fraction of sp³-hybridized carbons (Fsp3) is 0.0588. The van der Waals surface area contributed by atoms with Gasteiger partial charge in [-0.1, -0.05) is 18.2 Å². The Bertz CT molecular complexity index is 1040. The molecular formula is C17H15N3O3S3. The third-order valence-corrected chi connectivity index (χ3v) is 6.99. The van der Waals surface area contributed by atoms with Crippen molar-refractivity contribution >= 4 is 50.5 Å². The van der Waals surface area contributed by atoms with Crippen LogP contribution in [0.3, 0.4) is 0 Å². The number of anilines is 1. The summed E-state index contributed by atoms with van der Waals surface area (Å²) in [5.41, 5.74) is 2.80. The zero-order valence-corrected chi connectivity index (χ0v) is 16.1. The first-order chi connectivity index (χ1) is 12.5. The van der Waals surface area contributed by atoms with E-state index in [0.29, 0.717) is 0 Å². The molecule has 0 unspecified atom stereocenters. The van der Waals surface area contributed by atoms with Crippen molar-refractivity contribution in [2.24, 2.45) is 5.10 Å². The number of para-hydroxylation sites is 1. The van der Waals surface area contributed by atoms with E-state index in [4.69, 9.17) is 0 Å². The van der Waals surface area contributed by atoms with E-state index in [1.807, 2.05) is 19.1 Å². The molecule has 6 nitrogen and oxygen atoms in total. The zero-order valence-electron chi connectivity index (χ0n) is 13.7. The highest BCUT2D eigenvalue weighted by Gasteiger charge is 2.19. The van der Waals surface area contributed by atoms with Crippen LogP contribution >= 0.6 is 22.7 Å². The van der Waals surface area contributed by atoms with Gasteiger partial charge < -0.3 is 0 Å². The molecule has 2 aromatic heterocycles. The number of rotatable bonds is 6. The first kappa shape index (κ1) is 18.3. The number of nitrogens with zero attached hydrogens (tertiary/aromatic N) is 1. The number of nitrogens with one attached hydrogen (secondary N) is 2. The van der Waals surface area contributed by atoms with Gasteiger partial charge in [0.15, 0.2) is 0 Å². The Morgan fingerprint density at radius 2 is 1.92 bits per heavy atom. The second-order valence-electron chi connectivity index (χ2n) is 5.23. The lowest BCUT2D eigenvalue weighted by Gasteiger charge is -2.10. The average molecular weight is 406 g/mol. The average Bonchev–Trinajstić information content (AvgIpc) is 3.27. The van der Waals surface area contributed by atoms with Crippen molar-refractivity contribution in [1.29, 1.82) is 0 Å². The first-order valence-electron chi connectivity index (χ1n) is 7.51. The lowest BCUT2D eigenvalue weighted by Crippen LogP contribution is -2.21. The second kappa shape index (κ2) is 7.81. The highest BCUT2D eigenvalue weighted by Crippen LogP contribution is 2.22. The van der Waals surface area contributed by atoms with Crippen molar-refractivity contribution in [2.75, 3.05) is 4.72 Å². The maximum absolute atomic E-state index is 12.4. The summed E-state index contributed by atoms with van der Waals surface area (Å²) in [6.07, 6.45) is 1.55. The minimum absolute atomic E-state index is 0.179. The predicted octanol–water partition coefficient (Wildman–Crippen LogP) is 3.68. The summed E-state index contributed by atoms with van der Waals surface area (Å²) in [7, 11) is -3.73. The van der Waals surface area contributed by atoms with E-state index >= 15 is 0 Å². The highest BCUT2D eigenvalue weighted by molar-refractivity contribution is 7.94. The lowest BCUT2D eigenvalue weighted by molar-refractivity contribution is 0.0956. The topological polar surface area (TPSA) is 87.6 Å². The van der Waals surface area contributed by atoms with Gasteiger partial charge in [-0.15, -0.1) is 22.7 Å². The standard InChI is InChI=1S/C17H15N3O3S3/c1-12-8-9-13(25-12)11-18-19-17(21)14-5-2-3-6-15(14)20-26(22,23)16-7-4-10-24-16/h2-11,20H,1H3,(H,19,21)/b18-11-. The van der Waals surface area contributed by atoms with Crippen LogP contribution in [0.25, 0.3) is 0 Å². The van der Waals surface area contributed by atoms with Gasteiger partial charge in [-0.25, -0.2) is 13.8 Å². The molecule has 0 radical (unpaired) electrons. The minimum Gasteiger partial charge on any atom is -0.278 e. The first-order valence-corrected chi connectivity index (χ1v) is 10.7. The molecule has 0 aliphatic carbocycles. The molecule has 0 aliphatic rings. The molecule has 0 atom stereocenters. The van der Waals surface area contributed by atoms with Crippen LogP contribution in [0.2, 0.25) is 0 Å². The molecular weight excluding hydrogens is 390 g/mol. The van der Waals surface area contributed by atoms with Gasteiger partial charge in [0, 0.05) is 9.75 Å². The largest absolute Gasteiger partial charge is 0.278 e. The van der Waals surface area contributed by atoms with Gasteiger partial charge in [-0.3, -0.25) is 9.52 Å². The van der Waals surface area contributed by atoms with Crippen LogP contribution in [-0.4, -0.2) is 20.5 Å². The van der Waals surface area contributed by atoms with E-state index in [2.05, 4.69) is 15.2 Å². The summed E-state index contributed by atoms with van der Waals surface area (Å²) < 4.78 is 27.4. The van der Waals surface area contributed by atoms with E-state index in [1.165, 1.54) is 18.2 Å². The van der Waals surface area contributed by atoms with Gasteiger partial charge in [-0.2, -0.15) is 5.10 Å². The maximum atomic E-state index is 12.4. The molecule has 0 fully saturated rings. The summed E-state index contributed by atoms with van der Waals surface area (Å²) in [6.45, 7) is 1.98. The normalized spacial score (nSPS) is 11.6. The van der Waals surface area contributed by atoms with Crippen LogP contribution in [0.5, 0.6) is 0 Å². The SMILES string of the molecule is Cc1ccc(/C=N\NC(=O)c2ccccc2NS(=O)(=O)c2cccs2)s1. The lowest BCUT2D eigenvalue weighted by atomic mass is 10.2. The van der Waals surface area contributed by atoms with Crippen LogP contribution in [-0.2, 0) is 10.0 Å². The van der Waals surface area contributed by atoms with Gasteiger partial charge in [0.05, 0.1) is 17.5 Å². The number of hydrogen-bond donors (Lipinski definition) is 2. The zero-order chi connectivity index (χ0) is 18.6. The Balaban J connectivity index is 1.76. The molecule has 1 amide bonds. The molecule has 3 rings (SSSR count). The molecule has 0 aliphatic heterocycles. The predicted molar refractivity (Wildman–Crippen MR) is 106 cm³/mol. The Morgan fingerprint density at radius 1 is 1.12 bits per heavy atom. The Hall–Kier alpha value is -2.49. The summed E-state index contributed by atoms with van der Waals surface area (Å²) in [4.78, 5) is 14.4. The van der Waals surface area contributed by atoms with E-state index in [9.17, 15) is 13.2 Å². The van der Waals surface area contributed by atoms with Crippen molar-refractivity contribution < 1.29 is 13.2 Å². The van der Waals surface area contributed by atoms with Crippen LogP contribution in [0.4, 0.5) is 5.69 Å². The van der Waals surface area contributed by atoms with Gasteiger partial charge >= 0.3 is 0 Å². The number of benzene rings is 1. The molecule has 3 aromatic rings. The van der Waals surface area contributed by atoms with Crippen molar-refractivity contribution in [3.05, 3.63) is 69.2 Å². The molecule has 0 saturated heterocycles. The molecule has 0 saturated carbocycles. The molecule has 26 heavy (non-hydrogen) atoms. The quantitative estimate of drug-likeness (QED) is 0.484. The third-order valence-electron chi connectivity index (χ3n) is 3.29. The molecule has 134 valence electrons. The number of carbonyl (C=O) groups is 1. The molecule has 0 bridgehead atoms. The molecule has 2 heterocycles. The van der Waals surface area contributed by atoms with Crippen LogP contribution in [0, 0.1) is 6.92 Å². The molecule has 1 aromatic carbocycles. The number of hydrazone groups is 1. The Kier molecular flexibility index (Phi) is 5.50. The van der Waals surface area contributed by atoms with E-state index in [-0.39, 0.29) is 15.5 Å². The minimum atomic E-state index is -3.73. The third kappa shape index (κ3) is 4.37. The van der Waals surface area contributed by atoms with Crippen molar-refractivity contribution in [3.63, 3.8) is 0 Å². The number of aryl methyl sites for hydroxylation is 1. The second-order valence-corrected chi connectivity index (χ2v) is 9.41. The van der Waals surface area contributed by atoms with Gasteiger partial charge in [0.25, 0.3) is 15.9 Å². The monoisotopic (exact) mass is 405 g/mol. The molecule has 9 heteroatoms. The fourth-order valence-corrected chi connectivity index (χ4v) is 4.94. The number of amides is 1. The van der Waals surface area contributed by atoms with Crippen LogP contribution in [0.15, 0.2) is 63.2 Å². The summed E-state index contributed by atoms with van der Waals surface area (Å²) in [5, 5.41) is 5.60. The fourth-order valence-electron chi connectivity index (χ4n) is 2.12. The smallest absolute Gasteiger partial charge is 0.273 e. The number of carbonyl (C=O) groups excluding carboxylic acids is 1. The number of sulfonamides is 1. The summed E-state index contributed by atoms with van der Waals surface area (Å²) in [5.74, 6) is -0.501. The molecule has 0 spiro atoms. The molecule has 2 N–H and O–H groups in total. The number of hydrogen-bond acceptors (Lipinski definition) is 6. The van der Waals surface area contributed by atoms with E-state index < -0.39 is 15.9 Å². The van der Waals surface area contributed by atoms with Gasteiger partial charge in [0.1, 0.15) is 4.21 Å². The van der Waals surface area contributed by atoms with E-state index in [1.54, 1.807) is 41.1 Å². The van der Waals surface area contributed by atoms with Crippen LogP contribution in [0.1, 0.15) is 20.1 Å². The Morgan fingerprint density at radius 3 is 2.62 bits per heavy atom. The maximum Gasteiger partial charge on any atom is 0.273 e. The Labute approximate surface area is 159 Å². The number of thiophene rings is 2. The van der Waals surface area contributed by atoms with E-state index in [0.717, 1.165) is 21.1 Å². The van der Waals surface area contributed by atoms with Gasteiger partial charge in [0.2, 0.25) is 0 Å².